The van der Waals surface area contributed by atoms with E-state index in [0.717, 1.165) is 11.3 Å². The number of nitrogens with one attached hydrogen (secondary N) is 2. The van der Waals surface area contributed by atoms with Crippen molar-refractivity contribution in [3.63, 3.8) is 0 Å². The third-order valence-corrected chi connectivity index (χ3v) is 2.28. The minimum atomic E-state index is 0.306. The van der Waals surface area contributed by atoms with Crippen molar-refractivity contribution in [2.45, 2.75) is 26.8 Å². The molecule has 1 aromatic carbocycles. The molecular formula is C14H19N3S. The van der Waals surface area contributed by atoms with E-state index in [1.54, 1.807) is 0 Å². The van der Waals surface area contributed by atoms with E-state index in [0.29, 0.717) is 11.2 Å². The van der Waals surface area contributed by atoms with Crippen LogP contribution in [0.2, 0.25) is 0 Å². The van der Waals surface area contributed by atoms with E-state index in [9.17, 15) is 0 Å². The summed E-state index contributed by atoms with van der Waals surface area (Å²) in [6, 6.07) is 10.4. The van der Waals surface area contributed by atoms with E-state index in [1.165, 1.54) is 0 Å². The summed E-state index contributed by atoms with van der Waals surface area (Å²) < 4.78 is 0. The fraction of sp³-hybridized carbons (Fsp3) is 0.286. The van der Waals surface area contributed by atoms with Gasteiger partial charge < -0.3 is 5.32 Å². The molecule has 0 saturated carbocycles. The standard InChI is InChI=1S/C14H19N3S/c1-11(2)15-14(18)17-16-12(3)9-10-13-7-5-4-6-8-13/h4-11H,1-3H3,(H2,15,17,18)/b10-9+,16-12?. The van der Waals surface area contributed by atoms with Crippen LogP contribution in [0.1, 0.15) is 26.3 Å². The van der Waals surface area contributed by atoms with Crippen LogP contribution >= 0.6 is 12.2 Å². The summed E-state index contributed by atoms with van der Waals surface area (Å²) in [5.41, 5.74) is 4.82. The van der Waals surface area contributed by atoms with Crippen LogP contribution in [0.15, 0.2) is 41.5 Å². The second-order valence-corrected chi connectivity index (χ2v) is 4.65. The number of benzene rings is 1. The van der Waals surface area contributed by atoms with Crippen LogP contribution in [-0.2, 0) is 0 Å². The highest BCUT2D eigenvalue weighted by atomic mass is 32.1. The van der Waals surface area contributed by atoms with Crippen LogP contribution in [0.5, 0.6) is 0 Å². The number of thiocarbonyl (C=S) groups is 1. The van der Waals surface area contributed by atoms with Crippen LogP contribution < -0.4 is 10.7 Å². The normalized spacial score (nSPS) is 11.9. The van der Waals surface area contributed by atoms with Crippen LogP contribution in [0.3, 0.4) is 0 Å². The second-order valence-electron chi connectivity index (χ2n) is 4.24. The van der Waals surface area contributed by atoms with Gasteiger partial charge in [0.2, 0.25) is 0 Å². The average molecular weight is 261 g/mol. The quantitative estimate of drug-likeness (QED) is 0.497. The zero-order chi connectivity index (χ0) is 13.4. The maximum atomic E-state index is 5.07. The van der Waals surface area contributed by atoms with Crippen molar-refractivity contribution >= 4 is 29.1 Å². The molecule has 0 unspecified atom stereocenters. The van der Waals surface area contributed by atoms with Crippen LogP contribution in [0, 0.1) is 0 Å². The van der Waals surface area contributed by atoms with Crippen molar-refractivity contribution in [1.29, 1.82) is 0 Å². The molecule has 2 N–H and O–H groups in total. The van der Waals surface area contributed by atoms with Gasteiger partial charge in [0.05, 0.1) is 5.71 Å². The molecule has 0 heterocycles. The van der Waals surface area contributed by atoms with E-state index in [1.807, 2.05) is 63.3 Å². The van der Waals surface area contributed by atoms with Crippen molar-refractivity contribution in [1.82, 2.24) is 10.7 Å². The van der Waals surface area contributed by atoms with Gasteiger partial charge in [0.15, 0.2) is 5.11 Å². The highest BCUT2D eigenvalue weighted by molar-refractivity contribution is 7.80. The monoisotopic (exact) mass is 261 g/mol. The number of hydrogen-bond donors (Lipinski definition) is 2. The first-order valence-electron chi connectivity index (χ1n) is 5.92. The van der Waals surface area contributed by atoms with Crippen LogP contribution in [0.4, 0.5) is 0 Å². The Balaban J connectivity index is 2.47. The largest absolute Gasteiger partial charge is 0.359 e. The van der Waals surface area contributed by atoms with Crippen molar-refractivity contribution in [2.24, 2.45) is 5.10 Å². The average Bonchev–Trinajstić information content (AvgIpc) is 2.34. The van der Waals surface area contributed by atoms with E-state index < -0.39 is 0 Å². The molecule has 0 aromatic heterocycles. The minimum absolute atomic E-state index is 0.306. The summed E-state index contributed by atoms with van der Waals surface area (Å²) in [5, 5.41) is 7.77. The third kappa shape index (κ3) is 6.15. The van der Waals surface area contributed by atoms with E-state index in [4.69, 9.17) is 12.2 Å². The smallest absolute Gasteiger partial charge is 0.187 e. The number of rotatable bonds is 4. The molecule has 3 nitrogen and oxygen atoms in total. The van der Waals surface area contributed by atoms with Crippen LogP contribution in [-0.4, -0.2) is 16.9 Å². The van der Waals surface area contributed by atoms with Gasteiger partial charge in [-0.25, -0.2) is 0 Å². The van der Waals surface area contributed by atoms with Gasteiger partial charge in [-0.1, -0.05) is 36.4 Å². The molecule has 0 radical (unpaired) electrons. The first kappa shape index (κ1) is 14.4. The highest BCUT2D eigenvalue weighted by Gasteiger charge is 1.95. The van der Waals surface area contributed by atoms with Gasteiger partial charge in [0.25, 0.3) is 0 Å². The molecule has 96 valence electrons. The summed E-state index contributed by atoms with van der Waals surface area (Å²) in [6.07, 6.45) is 3.96. The van der Waals surface area contributed by atoms with Crippen molar-refractivity contribution in [2.75, 3.05) is 0 Å². The lowest BCUT2D eigenvalue weighted by Crippen LogP contribution is -2.37. The summed E-state index contributed by atoms with van der Waals surface area (Å²) in [6.45, 7) is 5.98. The predicted octanol–water partition coefficient (Wildman–Crippen LogP) is 2.95. The molecule has 0 aliphatic rings. The Morgan fingerprint density at radius 2 is 1.94 bits per heavy atom. The number of nitrogens with zero attached hydrogens (tertiary/aromatic N) is 1. The Morgan fingerprint density at radius 1 is 1.28 bits per heavy atom. The lowest BCUT2D eigenvalue weighted by Gasteiger charge is -2.09. The third-order valence-electron chi connectivity index (χ3n) is 2.07. The summed E-state index contributed by atoms with van der Waals surface area (Å²) in [4.78, 5) is 0. The van der Waals surface area contributed by atoms with Crippen molar-refractivity contribution < 1.29 is 0 Å². The Labute approximate surface area is 114 Å². The Hall–Kier alpha value is -1.68. The SMILES string of the molecule is CC(/C=C/c1ccccc1)=NNC(=S)NC(C)C. The second kappa shape index (κ2) is 7.61. The molecule has 18 heavy (non-hydrogen) atoms. The van der Waals surface area contributed by atoms with Gasteiger partial charge in [0, 0.05) is 6.04 Å². The first-order valence-corrected chi connectivity index (χ1v) is 6.32. The van der Waals surface area contributed by atoms with Gasteiger partial charge in [-0.3, -0.25) is 5.43 Å². The number of hydrazone groups is 1. The lowest BCUT2D eigenvalue weighted by molar-refractivity contribution is 0.719. The topological polar surface area (TPSA) is 36.4 Å². The predicted molar refractivity (Wildman–Crippen MR) is 82.6 cm³/mol. The van der Waals surface area contributed by atoms with Gasteiger partial charge >= 0.3 is 0 Å². The molecule has 0 bridgehead atoms. The molecule has 0 aliphatic carbocycles. The zero-order valence-electron chi connectivity index (χ0n) is 11.0. The highest BCUT2D eigenvalue weighted by Crippen LogP contribution is 2.00. The number of hydrogen-bond acceptors (Lipinski definition) is 2. The molecule has 0 fully saturated rings. The maximum absolute atomic E-state index is 5.07. The molecule has 0 aliphatic heterocycles. The molecule has 1 rings (SSSR count). The van der Waals surface area contributed by atoms with E-state index in [2.05, 4.69) is 15.8 Å². The molecule has 0 saturated heterocycles. The maximum Gasteiger partial charge on any atom is 0.187 e. The lowest BCUT2D eigenvalue weighted by atomic mass is 10.2. The Morgan fingerprint density at radius 3 is 2.56 bits per heavy atom. The van der Waals surface area contributed by atoms with Crippen LogP contribution in [0.25, 0.3) is 6.08 Å². The Bertz CT molecular complexity index is 436. The first-order chi connectivity index (χ1) is 8.58. The zero-order valence-corrected chi connectivity index (χ0v) is 11.8. The van der Waals surface area contributed by atoms with Gasteiger partial charge in [-0.2, -0.15) is 5.10 Å². The van der Waals surface area contributed by atoms with Crippen molar-refractivity contribution in [3.05, 3.63) is 42.0 Å². The van der Waals surface area contributed by atoms with E-state index >= 15 is 0 Å². The van der Waals surface area contributed by atoms with Gasteiger partial charge in [-0.15, -0.1) is 0 Å². The molecule has 0 atom stereocenters. The molecule has 0 amide bonds. The molecule has 0 spiro atoms. The Kier molecular flexibility index (Phi) is 6.08. The van der Waals surface area contributed by atoms with Gasteiger partial charge in [-0.05, 0) is 44.6 Å². The summed E-state index contributed by atoms with van der Waals surface area (Å²) >= 11 is 5.07. The van der Waals surface area contributed by atoms with Gasteiger partial charge in [0.1, 0.15) is 0 Å². The fourth-order valence-corrected chi connectivity index (χ4v) is 1.53. The van der Waals surface area contributed by atoms with Crippen molar-refractivity contribution in [3.8, 4) is 0 Å². The fourth-order valence-electron chi connectivity index (χ4n) is 1.25. The molecule has 4 heteroatoms. The minimum Gasteiger partial charge on any atom is -0.359 e. The summed E-state index contributed by atoms with van der Waals surface area (Å²) in [5.74, 6) is 0. The summed E-state index contributed by atoms with van der Waals surface area (Å²) in [7, 11) is 0. The molecular weight excluding hydrogens is 242 g/mol. The number of allylic oxidation sites excluding steroid dienone is 1. The molecule has 1 aromatic rings. The van der Waals surface area contributed by atoms with E-state index in [-0.39, 0.29) is 0 Å².